The number of ether oxygens (including phenoxy) is 1. The molecule has 0 saturated carbocycles. The van der Waals surface area contributed by atoms with Gasteiger partial charge in [0.05, 0.1) is 7.11 Å². The van der Waals surface area contributed by atoms with Crippen molar-refractivity contribution in [2.24, 2.45) is 5.41 Å². The molecule has 0 unspecified atom stereocenters. The summed E-state index contributed by atoms with van der Waals surface area (Å²) in [6, 6.07) is 4.49. The first-order valence-corrected chi connectivity index (χ1v) is 8.79. The fraction of sp³-hybridized carbons (Fsp3) is 0.571. The van der Waals surface area contributed by atoms with E-state index in [2.05, 4.69) is 39.8 Å². The summed E-state index contributed by atoms with van der Waals surface area (Å²) >= 11 is 0. The Bertz CT molecular complexity index is 677. The van der Waals surface area contributed by atoms with Gasteiger partial charge >= 0.3 is 0 Å². The fourth-order valence-electron chi connectivity index (χ4n) is 4.16. The highest BCUT2D eigenvalue weighted by Crippen LogP contribution is 2.44. The number of aryl methyl sites for hydroxylation is 1. The summed E-state index contributed by atoms with van der Waals surface area (Å²) in [7, 11) is 1.74. The predicted octanol–water partition coefficient (Wildman–Crippen LogP) is 4.99. The number of ketones is 1. The van der Waals surface area contributed by atoms with Crippen molar-refractivity contribution in [3.05, 3.63) is 40.0 Å². The average Bonchev–Trinajstić information content (AvgIpc) is 2.70. The van der Waals surface area contributed by atoms with E-state index in [1.54, 1.807) is 7.11 Å². The standard InChI is InChI=1S/C21H28O2/c1-13(2)16-10-14-6-7-18-17(11-15(14)12-20(16)23-5)19(22)8-9-21(18,3)4/h10,12-13H,6-9,11H2,1-5H3. The molecule has 23 heavy (non-hydrogen) atoms. The minimum absolute atomic E-state index is 0.163. The Labute approximate surface area is 139 Å². The molecule has 0 atom stereocenters. The first-order chi connectivity index (χ1) is 10.8. The van der Waals surface area contributed by atoms with Crippen LogP contribution in [0.5, 0.6) is 5.75 Å². The van der Waals surface area contributed by atoms with Crippen LogP contribution in [0.1, 0.15) is 69.6 Å². The Morgan fingerprint density at radius 1 is 1.09 bits per heavy atom. The van der Waals surface area contributed by atoms with E-state index in [4.69, 9.17) is 4.74 Å². The number of hydrogen-bond acceptors (Lipinski definition) is 2. The number of hydrogen-bond donors (Lipinski definition) is 0. The lowest BCUT2D eigenvalue weighted by Crippen LogP contribution is -2.26. The molecule has 0 saturated heterocycles. The lowest BCUT2D eigenvalue weighted by molar-refractivity contribution is -0.116. The molecule has 0 spiro atoms. The summed E-state index contributed by atoms with van der Waals surface area (Å²) in [4.78, 5) is 12.5. The highest BCUT2D eigenvalue weighted by atomic mass is 16.5. The quantitative estimate of drug-likeness (QED) is 0.768. The smallest absolute Gasteiger partial charge is 0.159 e. The minimum Gasteiger partial charge on any atom is -0.496 e. The Balaban J connectivity index is 2.08. The van der Waals surface area contributed by atoms with Gasteiger partial charge in [-0.05, 0) is 58.9 Å². The van der Waals surface area contributed by atoms with Crippen LogP contribution in [0.2, 0.25) is 0 Å². The highest BCUT2D eigenvalue weighted by Gasteiger charge is 2.35. The molecule has 0 aromatic heterocycles. The van der Waals surface area contributed by atoms with Gasteiger partial charge in [0.15, 0.2) is 5.78 Å². The molecular weight excluding hydrogens is 284 g/mol. The van der Waals surface area contributed by atoms with E-state index in [1.165, 1.54) is 22.3 Å². The maximum atomic E-state index is 12.5. The molecule has 2 aliphatic rings. The summed E-state index contributed by atoms with van der Waals surface area (Å²) < 4.78 is 5.62. The van der Waals surface area contributed by atoms with Crippen molar-refractivity contribution < 1.29 is 9.53 Å². The molecule has 1 aromatic carbocycles. The van der Waals surface area contributed by atoms with Crippen LogP contribution < -0.4 is 4.74 Å². The van der Waals surface area contributed by atoms with Gasteiger partial charge < -0.3 is 4.74 Å². The van der Waals surface area contributed by atoms with Gasteiger partial charge in [0, 0.05) is 12.8 Å². The average molecular weight is 312 g/mol. The molecule has 0 amide bonds. The molecule has 0 N–H and O–H groups in total. The summed E-state index contributed by atoms with van der Waals surface area (Å²) in [5, 5.41) is 0. The number of allylic oxidation sites excluding steroid dienone is 2. The number of carbonyl (C=O) groups excluding carboxylic acids is 1. The SMILES string of the molecule is COc1cc2c(cc1C(C)C)CCC1=C(C2)C(=O)CCC1(C)C. The number of rotatable bonds is 2. The molecule has 0 heterocycles. The van der Waals surface area contributed by atoms with E-state index in [1.807, 2.05) is 0 Å². The van der Waals surface area contributed by atoms with E-state index in [-0.39, 0.29) is 5.41 Å². The van der Waals surface area contributed by atoms with Crippen LogP contribution >= 0.6 is 0 Å². The number of fused-ring (bicyclic) bond motifs is 1. The Morgan fingerprint density at radius 2 is 1.83 bits per heavy atom. The van der Waals surface area contributed by atoms with Crippen LogP contribution in [0.4, 0.5) is 0 Å². The Kier molecular flexibility index (Phi) is 4.12. The summed E-state index contributed by atoms with van der Waals surface area (Å²) in [5.41, 5.74) is 6.59. The van der Waals surface area contributed by atoms with E-state index in [0.717, 1.165) is 37.0 Å². The van der Waals surface area contributed by atoms with Gasteiger partial charge in [0.2, 0.25) is 0 Å². The van der Waals surface area contributed by atoms with Crippen molar-refractivity contribution in [2.75, 3.05) is 7.11 Å². The molecule has 2 aliphatic carbocycles. The zero-order chi connectivity index (χ0) is 16.8. The second kappa shape index (κ2) is 5.81. The van der Waals surface area contributed by atoms with Crippen LogP contribution in [0.25, 0.3) is 0 Å². The molecule has 2 heteroatoms. The molecule has 0 radical (unpaired) electrons. The van der Waals surface area contributed by atoms with Crippen LogP contribution in [0, 0.1) is 5.41 Å². The van der Waals surface area contributed by atoms with Crippen molar-refractivity contribution >= 4 is 5.78 Å². The molecule has 0 fully saturated rings. The van der Waals surface area contributed by atoms with Crippen molar-refractivity contribution in [3.63, 3.8) is 0 Å². The van der Waals surface area contributed by atoms with E-state index >= 15 is 0 Å². The third-order valence-corrected chi connectivity index (χ3v) is 5.68. The van der Waals surface area contributed by atoms with Crippen LogP contribution in [-0.2, 0) is 17.6 Å². The lowest BCUT2D eigenvalue weighted by Gasteiger charge is -2.34. The molecule has 0 aliphatic heterocycles. The third kappa shape index (κ3) is 2.84. The maximum absolute atomic E-state index is 12.5. The minimum atomic E-state index is 0.163. The van der Waals surface area contributed by atoms with Gasteiger partial charge in [-0.15, -0.1) is 0 Å². The molecular formula is C21H28O2. The largest absolute Gasteiger partial charge is 0.496 e. The molecule has 0 bridgehead atoms. The second-order valence-corrected chi connectivity index (χ2v) is 7.96. The number of methoxy groups -OCH3 is 1. The van der Waals surface area contributed by atoms with Gasteiger partial charge in [0.1, 0.15) is 5.75 Å². The highest BCUT2D eigenvalue weighted by molar-refractivity contribution is 5.98. The number of Topliss-reactive ketones (excluding diaryl/α,β-unsaturated/α-hetero) is 1. The fourth-order valence-corrected chi connectivity index (χ4v) is 4.16. The van der Waals surface area contributed by atoms with Gasteiger partial charge in [0.25, 0.3) is 0 Å². The predicted molar refractivity (Wildman–Crippen MR) is 94.2 cm³/mol. The topological polar surface area (TPSA) is 26.3 Å². The zero-order valence-corrected chi connectivity index (χ0v) is 15.1. The van der Waals surface area contributed by atoms with Crippen LogP contribution in [0.3, 0.4) is 0 Å². The lowest BCUT2D eigenvalue weighted by atomic mass is 9.70. The number of benzene rings is 1. The summed E-state index contributed by atoms with van der Waals surface area (Å²) in [5.74, 6) is 1.77. The normalized spacial score (nSPS) is 20.2. The van der Waals surface area contributed by atoms with Crippen LogP contribution in [0.15, 0.2) is 23.3 Å². The molecule has 2 nitrogen and oxygen atoms in total. The third-order valence-electron chi connectivity index (χ3n) is 5.68. The second-order valence-electron chi connectivity index (χ2n) is 7.96. The molecule has 124 valence electrons. The van der Waals surface area contributed by atoms with Crippen molar-refractivity contribution in [1.29, 1.82) is 0 Å². The Morgan fingerprint density at radius 3 is 2.48 bits per heavy atom. The van der Waals surface area contributed by atoms with Gasteiger partial charge in [-0.1, -0.05) is 39.3 Å². The molecule has 3 rings (SSSR count). The summed E-state index contributed by atoms with van der Waals surface area (Å²) in [6.07, 6.45) is 4.52. The maximum Gasteiger partial charge on any atom is 0.159 e. The van der Waals surface area contributed by atoms with Crippen molar-refractivity contribution in [1.82, 2.24) is 0 Å². The zero-order valence-electron chi connectivity index (χ0n) is 15.1. The molecule has 1 aromatic rings. The van der Waals surface area contributed by atoms with Gasteiger partial charge in [-0.3, -0.25) is 4.79 Å². The summed E-state index contributed by atoms with van der Waals surface area (Å²) in [6.45, 7) is 9.00. The Hall–Kier alpha value is -1.57. The first kappa shape index (κ1) is 16.3. The van der Waals surface area contributed by atoms with Crippen molar-refractivity contribution in [2.45, 2.75) is 65.7 Å². The van der Waals surface area contributed by atoms with E-state index in [9.17, 15) is 4.79 Å². The number of carbonyl (C=O) groups is 1. The van der Waals surface area contributed by atoms with Gasteiger partial charge in [-0.25, -0.2) is 0 Å². The van der Waals surface area contributed by atoms with E-state index < -0.39 is 0 Å². The first-order valence-electron chi connectivity index (χ1n) is 8.79. The van der Waals surface area contributed by atoms with E-state index in [0.29, 0.717) is 18.1 Å². The van der Waals surface area contributed by atoms with Gasteiger partial charge in [-0.2, -0.15) is 0 Å². The van der Waals surface area contributed by atoms with Crippen molar-refractivity contribution in [3.8, 4) is 5.75 Å². The van der Waals surface area contributed by atoms with Crippen LogP contribution in [-0.4, -0.2) is 12.9 Å². The monoisotopic (exact) mass is 312 g/mol.